The smallest absolute Gasteiger partial charge is 0.0455 e. The van der Waals surface area contributed by atoms with Gasteiger partial charge in [0.1, 0.15) is 0 Å². The molecule has 2 heteroatoms. The highest BCUT2D eigenvalue weighted by molar-refractivity contribution is 5.83. The Labute approximate surface area is 118 Å². The molecule has 0 aliphatic heterocycles. The molecule has 2 N–H and O–H groups in total. The number of hydrogen-bond acceptors (Lipinski definition) is 1. The first-order chi connectivity index (χ1) is 9.88. The summed E-state index contributed by atoms with van der Waals surface area (Å²) < 4.78 is 0. The molecule has 1 atom stereocenters. The summed E-state index contributed by atoms with van der Waals surface area (Å²) in [4.78, 5) is 3.24. The maximum absolute atomic E-state index is 3.69. The highest BCUT2D eigenvalue weighted by Gasteiger charge is 2.17. The first kappa shape index (κ1) is 11.6. The third-order valence-corrected chi connectivity index (χ3v) is 4.27. The van der Waals surface area contributed by atoms with E-state index in [-0.39, 0.29) is 0 Å². The Kier molecular flexibility index (Phi) is 2.73. The lowest BCUT2D eigenvalue weighted by Gasteiger charge is -2.26. The Hall–Kier alpha value is -2.22. The summed E-state index contributed by atoms with van der Waals surface area (Å²) in [5, 5.41) is 4.96. The van der Waals surface area contributed by atoms with Gasteiger partial charge >= 0.3 is 0 Å². The van der Waals surface area contributed by atoms with Crippen LogP contribution in [0, 0.1) is 0 Å². The number of benzene rings is 2. The van der Waals surface area contributed by atoms with Crippen LogP contribution in [0.4, 0.5) is 5.69 Å². The van der Waals surface area contributed by atoms with Crippen molar-refractivity contribution in [1.29, 1.82) is 0 Å². The lowest BCUT2D eigenvalue weighted by atomic mass is 9.88. The molecule has 0 saturated heterocycles. The molecule has 0 radical (unpaired) electrons. The number of aryl methyl sites for hydroxylation is 1. The predicted octanol–water partition coefficient (Wildman–Crippen LogP) is 4.14. The van der Waals surface area contributed by atoms with E-state index in [1.54, 1.807) is 0 Å². The van der Waals surface area contributed by atoms with Gasteiger partial charge in [-0.2, -0.15) is 0 Å². The van der Waals surface area contributed by atoms with E-state index in [1.165, 1.54) is 40.6 Å². The molecular formula is C18H18N2. The first-order valence-electron chi connectivity index (χ1n) is 7.29. The Morgan fingerprint density at radius 3 is 2.85 bits per heavy atom. The third kappa shape index (κ3) is 2.07. The summed E-state index contributed by atoms with van der Waals surface area (Å²) in [6.07, 6.45) is 5.51. The molecule has 0 fully saturated rings. The van der Waals surface area contributed by atoms with Gasteiger partial charge in [-0.15, -0.1) is 0 Å². The van der Waals surface area contributed by atoms with Gasteiger partial charge in [0.15, 0.2) is 0 Å². The fourth-order valence-corrected chi connectivity index (χ4v) is 3.20. The van der Waals surface area contributed by atoms with Crippen LogP contribution >= 0.6 is 0 Å². The van der Waals surface area contributed by atoms with Crippen LogP contribution in [-0.2, 0) is 12.8 Å². The van der Waals surface area contributed by atoms with Crippen LogP contribution in [0.25, 0.3) is 10.9 Å². The SMILES string of the molecule is c1ccc2c(c1)CCC(Nc1ccc3[nH]ccc3c1)C2. The van der Waals surface area contributed by atoms with E-state index in [0.29, 0.717) is 6.04 Å². The molecule has 0 saturated carbocycles. The molecule has 2 nitrogen and oxygen atoms in total. The Morgan fingerprint density at radius 2 is 1.90 bits per heavy atom. The summed E-state index contributed by atoms with van der Waals surface area (Å²) in [6, 6.07) is 18.0. The molecule has 2 aromatic carbocycles. The Morgan fingerprint density at radius 1 is 1.00 bits per heavy atom. The minimum atomic E-state index is 0.543. The van der Waals surface area contributed by atoms with E-state index in [1.807, 2.05) is 6.20 Å². The topological polar surface area (TPSA) is 27.8 Å². The first-order valence-corrected chi connectivity index (χ1v) is 7.29. The fraction of sp³-hybridized carbons (Fsp3) is 0.222. The molecule has 1 aromatic heterocycles. The van der Waals surface area contributed by atoms with Crippen molar-refractivity contribution in [2.24, 2.45) is 0 Å². The van der Waals surface area contributed by atoms with Crippen LogP contribution in [0.15, 0.2) is 54.7 Å². The molecule has 1 aliphatic carbocycles. The maximum atomic E-state index is 3.69. The Balaban J connectivity index is 1.55. The number of nitrogens with one attached hydrogen (secondary N) is 2. The summed E-state index contributed by atoms with van der Waals surface area (Å²) in [5.41, 5.74) is 5.44. The number of H-pyrrole nitrogens is 1. The van der Waals surface area contributed by atoms with Gasteiger partial charge < -0.3 is 10.3 Å². The third-order valence-electron chi connectivity index (χ3n) is 4.27. The van der Waals surface area contributed by atoms with Gasteiger partial charge in [-0.1, -0.05) is 24.3 Å². The zero-order valence-corrected chi connectivity index (χ0v) is 11.4. The van der Waals surface area contributed by atoms with Crippen molar-refractivity contribution in [2.75, 3.05) is 5.32 Å². The molecule has 100 valence electrons. The normalized spacial score (nSPS) is 17.9. The molecular weight excluding hydrogens is 244 g/mol. The lowest BCUT2D eigenvalue weighted by molar-refractivity contribution is 0.611. The minimum absolute atomic E-state index is 0.543. The van der Waals surface area contributed by atoms with Gasteiger partial charge in [-0.3, -0.25) is 0 Å². The van der Waals surface area contributed by atoms with Gasteiger partial charge in [-0.25, -0.2) is 0 Å². The average molecular weight is 262 g/mol. The molecule has 1 heterocycles. The number of anilines is 1. The van der Waals surface area contributed by atoms with Crippen LogP contribution in [0.1, 0.15) is 17.5 Å². The van der Waals surface area contributed by atoms with Gasteiger partial charge in [-0.05, 0) is 54.7 Å². The number of aromatic nitrogens is 1. The molecule has 4 rings (SSSR count). The number of rotatable bonds is 2. The largest absolute Gasteiger partial charge is 0.382 e. The molecule has 0 amide bonds. The minimum Gasteiger partial charge on any atom is -0.382 e. The zero-order chi connectivity index (χ0) is 13.4. The second-order valence-corrected chi connectivity index (χ2v) is 5.63. The van der Waals surface area contributed by atoms with Crippen molar-refractivity contribution in [3.63, 3.8) is 0 Å². The van der Waals surface area contributed by atoms with E-state index in [0.717, 1.165) is 6.42 Å². The van der Waals surface area contributed by atoms with Crippen LogP contribution in [0.5, 0.6) is 0 Å². The lowest BCUT2D eigenvalue weighted by Crippen LogP contribution is -2.27. The van der Waals surface area contributed by atoms with Crippen LogP contribution in [0.3, 0.4) is 0 Å². The molecule has 1 unspecified atom stereocenters. The standard InChI is InChI=1S/C18H18N2/c1-2-4-14-11-16(6-5-13(14)3-1)20-17-7-8-18-15(12-17)9-10-19-18/h1-4,7-10,12,16,19-20H,5-6,11H2. The summed E-state index contributed by atoms with van der Waals surface area (Å²) in [5.74, 6) is 0. The summed E-state index contributed by atoms with van der Waals surface area (Å²) in [7, 11) is 0. The second kappa shape index (κ2) is 4.71. The Bertz CT molecular complexity index is 742. The van der Waals surface area contributed by atoms with E-state index in [9.17, 15) is 0 Å². The van der Waals surface area contributed by atoms with Crippen molar-refractivity contribution >= 4 is 16.6 Å². The average Bonchev–Trinajstić information content (AvgIpc) is 2.95. The van der Waals surface area contributed by atoms with E-state index in [2.05, 4.69) is 58.8 Å². The second-order valence-electron chi connectivity index (χ2n) is 5.63. The number of hydrogen-bond donors (Lipinski definition) is 2. The van der Waals surface area contributed by atoms with Crippen molar-refractivity contribution in [3.05, 3.63) is 65.9 Å². The van der Waals surface area contributed by atoms with Gasteiger partial charge in [0.05, 0.1) is 0 Å². The monoisotopic (exact) mass is 262 g/mol. The van der Waals surface area contributed by atoms with Gasteiger partial charge in [0.2, 0.25) is 0 Å². The molecule has 0 spiro atoms. The van der Waals surface area contributed by atoms with E-state index < -0.39 is 0 Å². The molecule has 3 aromatic rings. The fourth-order valence-electron chi connectivity index (χ4n) is 3.20. The quantitative estimate of drug-likeness (QED) is 0.714. The van der Waals surface area contributed by atoms with E-state index in [4.69, 9.17) is 0 Å². The van der Waals surface area contributed by atoms with Crippen molar-refractivity contribution in [2.45, 2.75) is 25.3 Å². The van der Waals surface area contributed by atoms with Crippen molar-refractivity contribution in [1.82, 2.24) is 4.98 Å². The van der Waals surface area contributed by atoms with Gasteiger partial charge in [0.25, 0.3) is 0 Å². The maximum Gasteiger partial charge on any atom is 0.0455 e. The van der Waals surface area contributed by atoms with E-state index >= 15 is 0 Å². The zero-order valence-electron chi connectivity index (χ0n) is 11.4. The van der Waals surface area contributed by atoms with Crippen LogP contribution in [-0.4, -0.2) is 11.0 Å². The van der Waals surface area contributed by atoms with Crippen molar-refractivity contribution in [3.8, 4) is 0 Å². The number of fused-ring (bicyclic) bond motifs is 2. The highest BCUT2D eigenvalue weighted by atomic mass is 14.9. The molecule has 1 aliphatic rings. The van der Waals surface area contributed by atoms with Gasteiger partial charge in [0, 0.05) is 28.8 Å². The van der Waals surface area contributed by atoms with Crippen LogP contribution < -0.4 is 5.32 Å². The summed E-state index contributed by atoms with van der Waals surface area (Å²) >= 11 is 0. The molecule has 0 bridgehead atoms. The van der Waals surface area contributed by atoms with Crippen LogP contribution in [0.2, 0.25) is 0 Å². The molecule has 20 heavy (non-hydrogen) atoms. The summed E-state index contributed by atoms with van der Waals surface area (Å²) in [6.45, 7) is 0. The predicted molar refractivity (Wildman–Crippen MR) is 84.2 cm³/mol. The number of aromatic amines is 1. The van der Waals surface area contributed by atoms with Crippen molar-refractivity contribution < 1.29 is 0 Å². The highest BCUT2D eigenvalue weighted by Crippen LogP contribution is 2.25.